The molecular formula is C23H25N5O4S. The number of nitrogens with one attached hydrogen (secondary N) is 2. The van der Waals surface area contributed by atoms with Crippen LogP contribution in [0.2, 0.25) is 0 Å². The van der Waals surface area contributed by atoms with Gasteiger partial charge in [0.05, 0.1) is 16.9 Å². The van der Waals surface area contributed by atoms with Crippen LogP contribution in [0.15, 0.2) is 53.8 Å². The average Bonchev–Trinajstić information content (AvgIpc) is 3.58. The van der Waals surface area contributed by atoms with Gasteiger partial charge in [-0.2, -0.15) is 0 Å². The number of aliphatic hydroxyl groups is 1. The Hall–Kier alpha value is -3.37. The number of Topliss-reactive ketones (excluding diaryl/α,β-unsaturated/α-hetero) is 1. The second-order valence-electron chi connectivity index (χ2n) is 8.62. The molecule has 1 aliphatic carbocycles. The molecule has 0 aliphatic heterocycles. The quantitative estimate of drug-likeness (QED) is 0.425. The van der Waals surface area contributed by atoms with E-state index in [9.17, 15) is 18.3 Å². The number of carbonyl (C=O) groups excluding carboxylic acids is 1. The number of ketones is 1. The minimum atomic E-state index is -3.54. The van der Waals surface area contributed by atoms with E-state index in [2.05, 4.69) is 25.6 Å². The molecule has 0 unspecified atom stereocenters. The first-order chi connectivity index (χ1) is 15.5. The molecule has 33 heavy (non-hydrogen) atoms. The van der Waals surface area contributed by atoms with E-state index in [-0.39, 0.29) is 22.4 Å². The molecule has 0 radical (unpaired) electrons. The Morgan fingerprint density at radius 2 is 1.79 bits per heavy atom. The van der Waals surface area contributed by atoms with Gasteiger partial charge in [-0.3, -0.25) is 4.79 Å². The maximum atomic E-state index is 12.8. The van der Waals surface area contributed by atoms with Crippen molar-refractivity contribution in [2.75, 3.05) is 16.9 Å². The number of pyridine rings is 3. The fraction of sp³-hybridized carbons (Fsp3) is 0.304. The fourth-order valence-electron chi connectivity index (χ4n) is 3.26. The average molecular weight is 468 g/mol. The number of hydrogen-bond acceptors (Lipinski definition) is 9. The molecule has 4 rings (SSSR count). The summed E-state index contributed by atoms with van der Waals surface area (Å²) in [6, 6.07) is 8.10. The Labute approximate surface area is 192 Å². The molecule has 1 aliphatic rings. The number of rotatable bonds is 8. The molecule has 3 aromatic rings. The minimum absolute atomic E-state index is 0.0324. The van der Waals surface area contributed by atoms with Gasteiger partial charge in [0.2, 0.25) is 0 Å². The van der Waals surface area contributed by atoms with Crippen molar-refractivity contribution in [3.63, 3.8) is 0 Å². The van der Waals surface area contributed by atoms with E-state index >= 15 is 0 Å². The molecule has 0 spiro atoms. The van der Waals surface area contributed by atoms with E-state index in [0.29, 0.717) is 28.5 Å². The number of anilines is 4. The van der Waals surface area contributed by atoms with Crippen molar-refractivity contribution >= 4 is 38.8 Å². The summed E-state index contributed by atoms with van der Waals surface area (Å²) < 4.78 is 24.4. The van der Waals surface area contributed by atoms with E-state index in [0.717, 1.165) is 19.1 Å². The molecule has 0 saturated heterocycles. The van der Waals surface area contributed by atoms with Gasteiger partial charge in [-0.05, 0) is 44.9 Å². The van der Waals surface area contributed by atoms with Crippen LogP contribution in [0, 0.1) is 5.92 Å². The molecule has 0 bridgehead atoms. The van der Waals surface area contributed by atoms with E-state index in [1.807, 2.05) is 0 Å². The van der Waals surface area contributed by atoms with Crippen molar-refractivity contribution in [2.24, 2.45) is 5.92 Å². The summed E-state index contributed by atoms with van der Waals surface area (Å²) >= 11 is 0. The standard InChI is InChI=1S/C23H25N5O4S/c1-23(2,30)15-8-9-19(25-12-15)28-20-11-17(16(13-26-20)21(29)14-6-7-14)27-22-18(33(3,31)32)5-4-10-24-22/h4-5,8-14,30H,6-7H2,1-3H3,(H2,24,25,26,27,28). The highest BCUT2D eigenvalue weighted by atomic mass is 32.2. The number of hydrogen-bond donors (Lipinski definition) is 3. The highest BCUT2D eigenvalue weighted by Crippen LogP contribution is 2.36. The van der Waals surface area contributed by atoms with Crippen LogP contribution >= 0.6 is 0 Å². The lowest BCUT2D eigenvalue weighted by Gasteiger charge is -2.17. The first-order valence-electron chi connectivity index (χ1n) is 10.4. The number of sulfone groups is 1. The van der Waals surface area contributed by atoms with Crippen LogP contribution in [0.4, 0.5) is 23.1 Å². The van der Waals surface area contributed by atoms with Crippen LogP contribution in [0.5, 0.6) is 0 Å². The second kappa shape index (κ2) is 8.53. The Morgan fingerprint density at radius 3 is 2.39 bits per heavy atom. The molecular weight excluding hydrogens is 442 g/mol. The largest absolute Gasteiger partial charge is 0.386 e. The van der Waals surface area contributed by atoms with Gasteiger partial charge in [0.1, 0.15) is 22.3 Å². The molecule has 0 aromatic carbocycles. The van der Waals surface area contributed by atoms with Crippen LogP contribution < -0.4 is 10.6 Å². The molecule has 1 fully saturated rings. The van der Waals surface area contributed by atoms with Crippen LogP contribution in [-0.2, 0) is 15.4 Å². The van der Waals surface area contributed by atoms with E-state index < -0.39 is 15.4 Å². The summed E-state index contributed by atoms with van der Waals surface area (Å²) in [5.41, 5.74) is 0.433. The Balaban J connectivity index is 1.68. The lowest BCUT2D eigenvalue weighted by atomic mass is 10.0. The maximum Gasteiger partial charge on any atom is 0.179 e. The summed E-state index contributed by atoms with van der Waals surface area (Å²) in [6.45, 7) is 3.35. The van der Waals surface area contributed by atoms with Gasteiger partial charge in [-0.25, -0.2) is 23.4 Å². The van der Waals surface area contributed by atoms with Crippen LogP contribution in [-0.4, -0.2) is 40.5 Å². The molecule has 3 aromatic heterocycles. The van der Waals surface area contributed by atoms with Gasteiger partial charge in [-0.1, -0.05) is 6.07 Å². The lowest BCUT2D eigenvalue weighted by Crippen LogP contribution is -2.15. The minimum Gasteiger partial charge on any atom is -0.386 e. The normalized spacial score (nSPS) is 14.1. The van der Waals surface area contributed by atoms with Gasteiger partial charge >= 0.3 is 0 Å². The molecule has 9 nitrogen and oxygen atoms in total. The van der Waals surface area contributed by atoms with Crippen molar-refractivity contribution in [3.05, 3.63) is 60.0 Å². The molecule has 10 heteroatoms. The monoisotopic (exact) mass is 467 g/mol. The maximum absolute atomic E-state index is 12.8. The van der Waals surface area contributed by atoms with E-state index in [1.165, 1.54) is 18.5 Å². The summed E-state index contributed by atoms with van der Waals surface area (Å²) in [6.07, 6.45) is 7.28. The first kappa shape index (κ1) is 22.8. The summed E-state index contributed by atoms with van der Waals surface area (Å²) in [7, 11) is -3.54. The topological polar surface area (TPSA) is 134 Å². The van der Waals surface area contributed by atoms with Crippen molar-refractivity contribution in [1.82, 2.24) is 15.0 Å². The Morgan fingerprint density at radius 1 is 1.06 bits per heavy atom. The van der Waals surface area contributed by atoms with Gasteiger partial charge < -0.3 is 15.7 Å². The van der Waals surface area contributed by atoms with Crippen LogP contribution in [0.1, 0.15) is 42.6 Å². The van der Waals surface area contributed by atoms with Crippen molar-refractivity contribution in [2.45, 2.75) is 37.2 Å². The lowest BCUT2D eigenvalue weighted by molar-refractivity contribution is 0.0782. The number of aromatic nitrogens is 3. The molecule has 0 atom stereocenters. The summed E-state index contributed by atoms with van der Waals surface area (Å²) in [4.78, 5) is 25.7. The third kappa shape index (κ3) is 5.35. The van der Waals surface area contributed by atoms with E-state index in [4.69, 9.17) is 0 Å². The Kier molecular flexibility index (Phi) is 5.89. The van der Waals surface area contributed by atoms with Crippen molar-refractivity contribution in [3.8, 4) is 0 Å². The zero-order chi connectivity index (χ0) is 23.8. The number of nitrogens with zero attached hydrogens (tertiary/aromatic N) is 3. The zero-order valence-corrected chi connectivity index (χ0v) is 19.3. The predicted molar refractivity (Wildman–Crippen MR) is 125 cm³/mol. The van der Waals surface area contributed by atoms with E-state index in [1.54, 1.807) is 44.3 Å². The summed E-state index contributed by atoms with van der Waals surface area (Å²) in [5.74, 6) is 0.957. The third-order valence-corrected chi connectivity index (χ3v) is 6.40. The van der Waals surface area contributed by atoms with Crippen molar-refractivity contribution in [1.29, 1.82) is 0 Å². The third-order valence-electron chi connectivity index (χ3n) is 5.27. The van der Waals surface area contributed by atoms with Gasteiger partial charge in [0.25, 0.3) is 0 Å². The van der Waals surface area contributed by atoms with Crippen molar-refractivity contribution < 1.29 is 18.3 Å². The second-order valence-corrected chi connectivity index (χ2v) is 10.6. The summed E-state index contributed by atoms with van der Waals surface area (Å²) in [5, 5.41) is 16.2. The smallest absolute Gasteiger partial charge is 0.179 e. The first-order valence-corrected chi connectivity index (χ1v) is 12.3. The van der Waals surface area contributed by atoms with Gasteiger partial charge in [0.15, 0.2) is 15.6 Å². The fourth-order valence-corrected chi connectivity index (χ4v) is 4.04. The van der Waals surface area contributed by atoms with Gasteiger partial charge in [0, 0.05) is 42.4 Å². The molecule has 3 heterocycles. The molecule has 3 N–H and O–H groups in total. The van der Waals surface area contributed by atoms with Crippen LogP contribution in [0.3, 0.4) is 0 Å². The number of carbonyl (C=O) groups is 1. The highest BCUT2D eigenvalue weighted by molar-refractivity contribution is 7.90. The molecule has 1 saturated carbocycles. The zero-order valence-electron chi connectivity index (χ0n) is 18.5. The molecule has 0 amide bonds. The SMILES string of the molecule is CC(C)(O)c1ccc(Nc2cc(Nc3ncccc3S(C)(=O)=O)c(C(=O)C3CC3)cn2)nc1. The Bertz CT molecular complexity index is 1300. The highest BCUT2D eigenvalue weighted by Gasteiger charge is 2.32. The predicted octanol–water partition coefficient (Wildman–Crippen LogP) is 3.58. The van der Waals surface area contributed by atoms with Gasteiger partial charge in [-0.15, -0.1) is 0 Å². The van der Waals surface area contributed by atoms with Crippen LogP contribution in [0.25, 0.3) is 0 Å². The molecule has 172 valence electrons.